The molecule has 0 atom stereocenters. The van der Waals surface area contributed by atoms with Crippen LogP contribution in [0.25, 0.3) is 11.0 Å². The fourth-order valence-corrected chi connectivity index (χ4v) is 3.53. The number of hydrogen-bond donors (Lipinski definition) is 1. The van der Waals surface area contributed by atoms with Crippen molar-refractivity contribution in [3.8, 4) is 5.75 Å². The highest BCUT2D eigenvalue weighted by molar-refractivity contribution is 9.10. The Morgan fingerprint density at radius 2 is 1.90 bits per heavy atom. The summed E-state index contributed by atoms with van der Waals surface area (Å²) >= 11 is 9.49. The Hall–Kier alpha value is -2.83. The largest absolute Gasteiger partial charge is 0.486 e. The molecule has 5 nitrogen and oxygen atoms in total. The Balaban J connectivity index is 1.55. The molecule has 1 amide bonds. The number of hydrogen-bond acceptors (Lipinski definition) is 3. The van der Waals surface area contributed by atoms with Crippen molar-refractivity contribution >= 4 is 50.2 Å². The first-order valence-electron chi connectivity index (χ1n) is 9.38. The van der Waals surface area contributed by atoms with Crippen LogP contribution in [0.4, 0.5) is 5.69 Å². The summed E-state index contributed by atoms with van der Waals surface area (Å²) in [5.41, 5.74) is 3.38. The van der Waals surface area contributed by atoms with Crippen molar-refractivity contribution in [1.29, 1.82) is 0 Å². The molecular formula is C23H19BrClN3O2. The first-order chi connectivity index (χ1) is 14.5. The lowest BCUT2D eigenvalue weighted by atomic mass is 10.2. The van der Waals surface area contributed by atoms with Crippen LogP contribution in [-0.2, 0) is 17.9 Å². The molecular weight excluding hydrogens is 466 g/mol. The van der Waals surface area contributed by atoms with E-state index in [1.54, 1.807) is 6.07 Å². The summed E-state index contributed by atoms with van der Waals surface area (Å²) in [5.74, 6) is 1.24. The molecule has 1 N–H and O–H groups in total. The average Bonchev–Trinajstić information content (AvgIpc) is 3.08. The monoisotopic (exact) mass is 483 g/mol. The molecule has 0 unspecified atom stereocenters. The maximum absolute atomic E-state index is 12.7. The number of anilines is 1. The summed E-state index contributed by atoms with van der Waals surface area (Å²) in [7, 11) is 0. The average molecular weight is 485 g/mol. The van der Waals surface area contributed by atoms with Crippen molar-refractivity contribution < 1.29 is 9.53 Å². The van der Waals surface area contributed by atoms with Crippen molar-refractivity contribution in [3.63, 3.8) is 0 Å². The highest BCUT2D eigenvalue weighted by atomic mass is 79.9. The van der Waals surface area contributed by atoms with E-state index in [-0.39, 0.29) is 19.1 Å². The lowest BCUT2D eigenvalue weighted by Gasteiger charge is -2.12. The quantitative estimate of drug-likeness (QED) is 0.366. The number of rotatable bonds is 6. The number of nitrogens with zero attached hydrogens (tertiary/aromatic N) is 2. The molecule has 7 heteroatoms. The number of carbonyl (C=O) groups excluding carboxylic acids is 1. The standard InChI is InChI=1S/C23H19BrClN3O2/c1-15-12-18(10-11-19(15)25)30-14-22-27-20-4-2-3-5-21(20)28(22)13-23(29)26-17-8-6-16(24)7-9-17/h2-12H,13-14H2,1H3,(H,26,29). The van der Waals surface area contributed by atoms with Gasteiger partial charge in [0.25, 0.3) is 0 Å². The molecule has 1 aromatic heterocycles. The van der Waals surface area contributed by atoms with Crippen LogP contribution in [0.3, 0.4) is 0 Å². The highest BCUT2D eigenvalue weighted by Crippen LogP contribution is 2.23. The molecule has 0 aliphatic carbocycles. The van der Waals surface area contributed by atoms with Crippen LogP contribution in [0.15, 0.2) is 71.2 Å². The van der Waals surface area contributed by atoms with E-state index in [4.69, 9.17) is 16.3 Å². The van der Waals surface area contributed by atoms with Crippen molar-refractivity contribution in [3.05, 3.63) is 87.6 Å². The fraction of sp³-hybridized carbons (Fsp3) is 0.130. The number of aryl methyl sites for hydroxylation is 1. The minimum Gasteiger partial charge on any atom is -0.486 e. The molecule has 0 saturated heterocycles. The van der Waals surface area contributed by atoms with E-state index in [1.165, 1.54) is 0 Å². The van der Waals surface area contributed by atoms with E-state index < -0.39 is 0 Å². The molecule has 0 fully saturated rings. The summed E-state index contributed by atoms with van der Waals surface area (Å²) in [4.78, 5) is 17.4. The number of para-hydroxylation sites is 2. The van der Waals surface area contributed by atoms with E-state index in [2.05, 4.69) is 26.2 Å². The van der Waals surface area contributed by atoms with Crippen molar-refractivity contribution in [2.45, 2.75) is 20.1 Å². The zero-order chi connectivity index (χ0) is 21.1. The normalized spacial score (nSPS) is 10.9. The Kier molecular flexibility index (Phi) is 6.06. The molecule has 3 aromatic carbocycles. The second-order valence-electron chi connectivity index (χ2n) is 6.86. The van der Waals surface area contributed by atoms with Gasteiger partial charge in [-0.15, -0.1) is 0 Å². The van der Waals surface area contributed by atoms with Crippen LogP contribution in [0, 0.1) is 6.92 Å². The van der Waals surface area contributed by atoms with Crippen molar-refractivity contribution in [1.82, 2.24) is 9.55 Å². The maximum atomic E-state index is 12.7. The number of halogens is 2. The highest BCUT2D eigenvalue weighted by Gasteiger charge is 2.14. The predicted octanol–water partition coefficient (Wildman–Crippen LogP) is 5.98. The first kappa shape index (κ1) is 20.4. The summed E-state index contributed by atoms with van der Waals surface area (Å²) < 4.78 is 8.77. The van der Waals surface area contributed by atoms with Crippen molar-refractivity contribution in [2.75, 3.05) is 5.32 Å². The molecule has 4 rings (SSSR count). The van der Waals surface area contributed by atoms with Gasteiger partial charge in [0, 0.05) is 15.2 Å². The van der Waals surface area contributed by atoms with Gasteiger partial charge in [-0.3, -0.25) is 4.79 Å². The van der Waals surface area contributed by atoms with E-state index in [1.807, 2.05) is 72.2 Å². The number of nitrogens with one attached hydrogen (secondary N) is 1. The topological polar surface area (TPSA) is 56.2 Å². The summed E-state index contributed by atoms with van der Waals surface area (Å²) in [6.45, 7) is 2.30. The van der Waals surface area contributed by atoms with Gasteiger partial charge in [-0.1, -0.05) is 39.7 Å². The molecule has 4 aromatic rings. The Morgan fingerprint density at radius 1 is 1.13 bits per heavy atom. The van der Waals surface area contributed by atoms with Crippen LogP contribution in [0.5, 0.6) is 5.75 Å². The van der Waals surface area contributed by atoms with Gasteiger partial charge in [0.05, 0.1) is 11.0 Å². The maximum Gasteiger partial charge on any atom is 0.244 e. The van der Waals surface area contributed by atoms with E-state index in [9.17, 15) is 4.79 Å². The molecule has 30 heavy (non-hydrogen) atoms. The SMILES string of the molecule is Cc1cc(OCc2nc3ccccc3n2CC(=O)Nc2ccc(Br)cc2)ccc1Cl. The number of carbonyl (C=O) groups is 1. The Labute approximate surface area is 187 Å². The van der Waals surface area contributed by atoms with Gasteiger partial charge in [-0.25, -0.2) is 4.98 Å². The van der Waals surface area contributed by atoms with E-state index in [0.29, 0.717) is 16.6 Å². The number of ether oxygens (including phenoxy) is 1. The van der Waals surface area contributed by atoms with Crippen LogP contribution < -0.4 is 10.1 Å². The van der Waals surface area contributed by atoms with Gasteiger partial charge in [-0.2, -0.15) is 0 Å². The zero-order valence-electron chi connectivity index (χ0n) is 16.2. The van der Waals surface area contributed by atoms with Crippen LogP contribution in [0.1, 0.15) is 11.4 Å². The predicted molar refractivity (Wildman–Crippen MR) is 123 cm³/mol. The van der Waals surface area contributed by atoms with Gasteiger partial charge < -0.3 is 14.6 Å². The van der Waals surface area contributed by atoms with Gasteiger partial charge in [0.15, 0.2) is 0 Å². The lowest BCUT2D eigenvalue weighted by Crippen LogP contribution is -2.20. The molecule has 152 valence electrons. The molecule has 0 saturated carbocycles. The summed E-state index contributed by atoms with van der Waals surface area (Å²) in [5, 5.41) is 3.62. The zero-order valence-corrected chi connectivity index (χ0v) is 18.6. The molecule has 1 heterocycles. The third-order valence-electron chi connectivity index (χ3n) is 4.66. The molecule has 0 spiro atoms. The van der Waals surface area contributed by atoms with Gasteiger partial charge in [-0.05, 0) is 67.1 Å². The van der Waals surface area contributed by atoms with Crippen LogP contribution in [0.2, 0.25) is 5.02 Å². The lowest BCUT2D eigenvalue weighted by molar-refractivity contribution is -0.116. The second kappa shape index (κ2) is 8.90. The molecule has 0 aliphatic heterocycles. The number of aromatic nitrogens is 2. The second-order valence-corrected chi connectivity index (χ2v) is 8.18. The third-order valence-corrected chi connectivity index (χ3v) is 5.61. The number of amides is 1. The Morgan fingerprint density at radius 3 is 2.67 bits per heavy atom. The number of benzene rings is 3. The Bertz CT molecular complexity index is 1210. The van der Waals surface area contributed by atoms with E-state index in [0.717, 1.165) is 26.8 Å². The smallest absolute Gasteiger partial charge is 0.244 e. The fourth-order valence-electron chi connectivity index (χ4n) is 3.14. The minimum atomic E-state index is -0.135. The van der Waals surface area contributed by atoms with Gasteiger partial charge >= 0.3 is 0 Å². The van der Waals surface area contributed by atoms with Crippen molar-refractivity contribution in [2.24, 2.45) is 0 Å². The summed E-state index contributed by atoms with van der Waals surface area (Å²) in [6.07, 6.45) is 0. The third kappa shape index (κ3) is 4.66. The molecule has 0 radical (unpaired) electrons. The molecule has 0 bridgehead atoms. The van der Waals surface area contributed by atoms with E-state index >= 15 is 0 Å². The first-order valence-corrected chi connectivity index (χ1v) is 10.6. The van der Waals surface area contributed by atoms with Crippen LogP contribution >= 0.6 is 27.5 Å². The number of fused-ring (bicyclic) bond motifs is 1. The molecule has 0 aliphatic rings. The van der Waals surface area contributed by atoms with Gasteiger partial charge in [0.2, 0.25) is 5.91 Å². The van der Waals surface area contributed by atoms with Crippen LogP contribution in [-0.4, -0.2) is 15.5 Å². The minimum absolute atomic E-state index is 0.134. The number of imidazole rings is 1. The summed E-state index contributed by atoms with van der Waals surface area (Å²) in [6, 6.07) is 20.7. The van der Waals surface area contributed by atoms with Gasteiger partial charge in [0.1, 0.15) is 24.7 Å².